The zero-order chi connectivity index (χ0) is 13.1. The van der Waals surface area contributed by atoms with E-state index in [4.69, 9.17) is 5.11 Å². The van der Waals surface area contributed by atoms with Crippen LogP contribution >= 0.6 is 0 Å². The molecule has 1 aromatic rings. The molecule has 1 aliphatic rings. The van der Waals surface area contributed by atoms with Crippen molar-refractivity contribution in [1.82, 2.24) is 4.98 Å². The van der Waals surface area contributed by atoms with Gasteiger partial charge in [-0.1, -0.05) is 0 Å². The summed E-state index contributed by atoms with van der Waals surface area (Å²) in [6.07, 6.45) is 3.00. The van der Waals surface area contributed by atoms with Crippen molar-refractivity contribution in [2.24, 2.45) is 0 Å². The molecular formula is C12H17F2N3O. The number of pyridine rings is 1. The maximum atomic E-state index is 13.8. The number of aliphatic hydroxyl groups is 1. The summed E-state index contributed by atoms with van der Waals surface area (Å²) in [5, 5.41) is 11.6. The number of nitrogens with one attached hydrogen (secondary N) is 1. The third-order valence-electron chi connectivity index (χ3n) is 3.28. The molecule has 100 valence electrons. The lowest BCUT2D eigenvalue weighted by Gasteiger charge is -2.38. The first-order valence-corrected chi connectivity index (χ1v) is 6.08. The van der Waals surface area contributed by atoms with Gasteiger partial charge in [-0.25, -0.2) is 13.8 Å². The fourth-order valence-electron chi connectivity index (χ4n) is 2.10. The number of rotatable bonds is 5. The number of aliphatic hydroxyl groups excluding tert-OH is 1. The Morgan fingerprint density at radius 3 is 2.67 bits per heavy atom. The monoisotopic (exact) mass is 257 g/mol. The molecule has 1 fully saturated rings. The molecule has 0 spiro atoms. The van der Waals surface area contributed by atoms with Gasteiger partial charge in [-0.3, -0.25) is 0 Å². The van der Waals surface area contributed by atoms with Crippen LogP contribution in [-0.2, 0) is 0 Å². The van der Waals surface area contributed by atoms with Gasteiger partial charge in [-0.2, -0.15) is 0 Å². The Bertz CT molecular complexity index is 424. The highest BCUT2D eigenvalue weighted by Gasteiger charge is 2.28. The standard InChI is InChI=1S/C12H17F2N3O/c1-15-11-9(13)7-10(14)12(16-11)17(5-6-18)8-3-2-4-8/h7-8,18H,2-6H2,1H3,(H,15,16). The Balaban J connectivity index is 2.33. The molecule has 4 nitrogen and oxygen atoms in total. The predicted molar refractivity (Wildman–Crippen MR) is 65.8 cm³/mol. The van der Waals surface area contributed by atoms with E-state index in [0.29, 0.717) is 6.54 Å². The second-order valence-corrected chi connectivity index (χ2v) is 4.38. The lowest BCUT2D eigenvalue weighted by atomic mass is 9.91. The fraction of sp³-hybridized carbons (Fsp3) is 0.583. The summed E-state index contributed by atoms with van der Waals surface area (Å²) in [6, 6.07) is 1.02. The Labute approximate surface area is 105 Å². The van der Waals surface area contributed by atoms with Gasteiger partial charge in [-0.15, -0.1) is 0 Å². The lowest BCUT2D eigenvalue weighted by molar-refractivity contribution is 0.282. The van der Waals surface area contributed by atoms with Crippen LogP contribution in [-0.4, -0.2) is 36.3 Å². The van der Waals surface area contributed by atoms with E-state index in [9.17, 15) is 8.78 Å². The first-order valence-electron chi connectivity index (χ1n) is 6.08. The van der Waals surface area contributed by atoms with E-state index >= 15 is 0 Å². The molecule has 1 saturated carbocycles. The maximum Gasteiger partial charge on any atom is 0.168 e. The van der Waals surface area contributed by atoms with E-state index < -0.39 is 11.6 Å². The first kappa shape index (κ1) is 13.0. The topological polar surface area (TPSA) is 48.4 Å². The molecule has 0 aliphatic heterocycles. The van der Waals surface area contributed by atoms with Crippen LogP contribution in [0.2, 0.25) is 0 Å². The highest BCUT2D eigenvalue weighted by Crippen LogP contribution is 2.31. The average molecular weight is 257 g/mol. The Hall–Kier alpha value is -1.43. The minimum absolute atomic E-state index is 0.0219. The molecule has 1 aromatic heterocycles. The molecule has 2 N–H and O–H groups in total. The molecule has 0 atom stereocenters. The van der Waals surface area contributed by atoms with E-state index in [1.54, 1.807) is 4.90 Å². The van der Waals surface area contributed by atoms with E-state index in [-0.39, 0.29) is 24.3 Å². The van der Waals surface area contributed by atoms with Crippen LogP contribution in [0.1, 0.15) is 19.3 Å². The summed E-state index contributed by atoms with van der Waals surface area (Å²) in [4.78, 5) is 5.69. The quantitative estimate of drug-likeness (QED) is 0.843. The predicted octanol–water partition coefficient (Wildman–Crippen LogP) is 1.75. The SMILES string of the molecule is CNc1nc(N(CCO)C2CCC2)c(F)cc1F. The molecule has 2 rings (SSSR count). The smallest absolute Gasteiger partial charge is 0.168 e. The lowest BCUT2D eigenvalue weighted by Crippen LogP contribution is -2.43. The van der Waals surface area contributed by atoms with Crippen molar-refractivity contribution in [1.29, 1.82) is 0 Å². The molecular weight excluding hydrogens is 240 g/mol. The zero-order valence-corrected chi connectivity index (χ0v) is 10.3. The van der Waals surface area contributed by atoms with Gasteiger partial charge in [0.2, 0.25) is 0 Å². The van der Waals surface area contributed by atoms with E-state index in [1.807, 2.05) is 0 Å². The number of hydrogen-bond donors (Lipinski definition) is 2. The molecule has 0 unspecified atom stereocenters. The number of anilines is 2. The van der Waals surface area contributed by atoms with Gasteiger partial charge < -0.3 is 15.3 Å². The fourth-order valence-corrected chi connectivity index (χ4v) is 2.10. The molecule has 1 heterocycles. The second-order valence-electron chi connectivity index (χ2n) is 4.38. The van der Waals surface area contributed by atoms with Crippen molar-refractivity contribution in [3.05, 3.63) is 17.7 Å². The molecule has 0 aromatic carbocycles. The van der Waals surface area contributed by atoms with Crippen LogP contribution < -0.4 is 10.2 Å². The van der Waals surface area contributed by atoms with Crippen molar-refractivity contribution in [2.45, 2.75) is 25.3 Å². The van der Waals surface area contributed by atoms with Gasteiger partial charge >= 0.3 is 0 Å². The number of aromatic nitrogens is 1. The number of hydrogen-bond acceptors (Lipinski definition) is 4. The third-order valence-corrected chi connectivity index (χ3v) is 3.28. The van der Waals surface area contributed by atoms with Crippen LogP contribution in [0.4, 0.5) is 20.4 Å². The minimum atomic E-state index is -0.712. The molecule has 18 heavy (non-hydrogen) atoms. The Kier molecular flexibility index (Phi) is 3.96. The minimum Gasteiger partial charge on any atom is -0.395 e. The largest absolute Gasteiger partial charge is 0.395 e. The van der Waals surface area contributed by atoms with E-state index in [2.05, 4.69) is 10.3 Å². The maximum absolute atomic E-state index is 13.8. The van der Waals surface area contributed by atoms with Gasteiger partial charge in [0.25, 0.3) is 0 Å². The van der Waals surface area contributed by atoms with E-state index in [1.165, 1.54) is 7.05 Å². The van der Waals surface area contributed by atoms with Gasteiger partial charge in [-0.05, 0) is 19.3 Å². The summed E-state index contributed by atoms with van der Waals surface area (Å²) < 4.78 is 27.2. The molecule has 0 saturated heterocycles. The van der Waals surface area contributed by atoms with Crippen molar-refractivity contribution in [3.63, 3.8) is 0 Å². The zero-order valence-electron chi connectivity index (χ0n) is 10.3. The van der Waals surface area contributed by atoms with Gasteiger partial charge in [0, 0.05) is 25.7 Å². The molecule has 1 aliphatic carbocycles. The Morgan fingerprint density at radius 1 is 1.44 bits per heavy atom. The van der Waals surface area contributed by atoms with Crippen LogP contribution in [0, 0.1) is 11.6 Å². The van der Waals surface area contributed by atoms with Gasteiger partial charge in [0.1, 0.15) is 0 Å². The summed E-state index contributed by atoms with van der Waals surface area (Å²) in [7, 11) is 1.53. The number of halogens is 2. The summed E-state index contributed by atoms with van der Waals surface area (Å²) in [6.45, 7) is 0.229. The highest BCUT2D eigenvalue weighted by atomic mass is 19.1. The Morgan fingerprint density at radius 2 is 2.17 bits per heavy atom. The molecule has 6 heteroatoms. The summed E-state index contributed by atoms with van der Waals surface area (Å²) in [5.41, 5.74) is 0. The van der Waals surface area contributed by atoms with Crippen molar-refractivity contribution < 1.29 is 13.9 Å². The first-order chi connectivity index (χ1) is 8.67. The van der Waals surface area contributed by atoms with Crippen LogP contribution in [0.5, 0.6) is 0 Å². The third kappa shape index (κ3) is 2.38. The molecule has 0 amide bonds. The van der Waals surface area contributed by atoms with Crippen molar-refractivity contribution in [2.75, 3.05) is 30.4 Å². The van der Waals surface area contributed by atoms with Crippen molar-refractivity contribution in [3.8, 4) is 0 Å². The molecule has 0 bridgehead atoms. The van der Waals surface area contributed by atoms with Gasteiger partial charge in [0.15, 0.2) is 23.3 Å². The van der Waals surface area contributed by atoms with Crippen LogP contribution in [0.25, 0.3) is 0 Å². The average Bonchev–Trinajstić information content (AvgIpc) is 2.26. The summed E-state index contributed by atoms with van der Waals surface area (Å²) >= 11 is 0. The van der Waals surface area contributed by atoms with Crippen LogP contribution in [0.15, 0.2) is 6.07 Å². The van der Waals surface area contributed by atoms with E-state index in [0.717, 1.165) is 25.3 Å². The highest BCUT2D eigenvalue weighted by molar-refractivity contribution is 5.50. The van der Waals surface area contributed by atoms with Crippen molar-refractivity contribution >= 4 is 11.6 Å². The van der Waals surface area contributed by atoms with Crippen LogP contribution in [0.3, 0.4) is 0 Å². The summed E-state index contributed by atoms with van der Waals surface area (Å²) in [5.74, 6) is -1.27. The normalized spacial score (nSPS) is 15.3. The second kappa shape index (κ2) is 5.48. The van der Waals surface area contributed by atoms with Gasteiger partial charge in [0.05, 0.1) is 6.61 Å². The number of nitrogens with zero attached hydrogens (tertiary/aromatic N) is 2. The molecule has 0 radical (unpaired) electrons.